The maximum Gasteiger partial charge on any atom is 1.00 e. The third-order valence-corrected chi connectivity index (χ3v) is 8.38. The molecule has 0 spiro atoms. The van der Waals surface area contributed by atoms with Crippen LogP contribution in [0, 0.1) is 0 Å². The van der Waals surface area contributed by atoms with Crippen molar-refractivity contribution in [1.82, 2.24) is 0 Å². The molecule has 214 valence electrons. The Balaban J connectivity index is 0.00000186. The molecule has 0 bridgehead atoms. The van der Waals surface area contributed by atoms with Gasteiger partial charge in [0, 0.05) is 11.1 Å². The Labute approximate surface area is 290 Å². The average Bonchev–Trinajstić information content (AvgIpc) is 3.77. The van der Waals surface area contributed by atoms with Gasteiger partial charge in [0.2, 0.25) is 11.8 Å². The van der Waals surface area contributed by atoms with Crippen LogP contribution in [0.1, 0.15) is 34.3 Å². The van der Waals surface area contributed by atoms with Crippen molar-refractivity contribution in [2.45, 2.75) is 12.1 Å². The summed E-state index contributed by atoms with van der Waals surface area (Å²) in [4.78, 5) is 9.62. The summed E-state index contributed by atoms with van der Waals surface area (Å²) >= 11 is 0. The Hall–Kier alpha value is -4.43. The summed E-state index contributed by atoms with van der Waals surface area (Å²) in [5.74, 6) is -0.0186. The van der Waals surface area contributed by atoms with Crippen molar-refractivity contribution in [3.63, 3.8) is 0 Å². The zero-order chi connectivity index (χ0) is 29.6. The molecular formula is C38H26Li2N2O4. The Morgan fingerprint density at radius 3 is 1.28 bits per heavy atom. The molecule has 0 fully saturated rings. The Bertz CT molecular complexity index is 1960. The molecule has 2 atom stereocenters. The van der Waals surface area contributed by atoms with E-state index in [4.69, 9.17) is 19.5 Å². The Morgan fingerprint density at radius 2 is 0.870 bits per heavy atom. The van der Waals surface area contributed by atoms with Crippen LogP contribution < -0.4 is 47.9 Å². The number of hydrogen-bond donors (Lipinski definition) is 0. The van der Waals surface area contributed by atoms with Gasteiger partial charge in [-0.3, -0.25) is 0 Å². The van der Waals surface area contributed by atoms with Gasteiger partial charge in [0.25, 0.3) is 0 Å². The van der Waals surface area contributed by atoms with Gasteiger partial charge >= 0.3 is 37.7 Å². The average molecular weight is 589 g/mol. The molecule has 0 radical (unpaired) electrons. The molecule has 0 aliphatic carbocycles. The zero-order valence-electron chi connectivity index (χ0n) is 25.6. The number of fused-ring (bicyclic) bond motifs is 2. The zero-order valence-corrected chi connectivity index (χ0v) is 25.6. The summed E-state index contributed by atoms with van der Waals surface area (Å²) in [7, 11) is 0. The van der Waals surface area contributed by atoms with Crippen LogP contribution in [0.25, 0.3) is 32.7 Å². The molecule has 1 unspecified atom stereocenters. The third kappa shape index (κ3) is 5.49. The number of rotatable bonds is 5. The molecule has 0 saturated heterocycles. The molecule has 8 heteroatoms. The molecule has 8 rings (SSSR count). The first-order valence-electron chi connectivity index (χ1n) is 14.6. The minimum atomic E-state index is -0.299. The van der Waals surface area contributed by atoms with Crippen LogP contribution in [0.3, 0.4) is 0 Å². The second kappa shape index (κ2) is 13.1. The van der Waals surface area contributed by atoms with Gasteiger partial charge < -0.3 is 19.7 Å². The minimum Gasteiger partial charge on any atom is -0.871 e. The first-order valence-corrected chi connectivity index (χ1v) is 14.6. The number of hydrogen-bond acceptors (Lipinski definition) is 6. The molecule has 0 amide bonds. The van der Waals surface area contributed by atoms with E-state index in [1.807, 2.05) is 121 Å². The summed E-state index contributed by atoms with van der Waals surface area (Å²) < 4.78 is 12.1. The van der Waals surface area contributed by atoms with Crippen molar-refractivity contribution >= 4 is 33.3 Å². The van der Waals surface area contributed by atoms with E-state index < -0.39 is 0 Å². The van der Waals surface area contributed by atoms with Gasteiger partial charge in [-0.1, -0.05) is 121 Å². The van der Waals surface area contributed by atoms with Gasteiger partial charge in [0.15, 0.2) is 0 Å². The van der Waals surface area contributed by atoms with E-state index in [0.29, 0.717) is 46.2 Å². The van der Waals surface area contributed by atoms with Crippen molar-refractivity contribution in [3.05, 3.63) is 144 Å². The van der Waals surface area contributed by atoms with E-state index in [-0.39, 0.29) is 73.1 Å². The topological polar surface area (TPSA) is 89.3 Å². The van der Waals surface area contributed by atoms with E-state index in [1.165, 1.54) is 0 Å². The Morgan fingerprint density at radius 1 is 0.500 bits per heavy atom. The first kappa shape index (κ1) is 31.6. The van der Waals surface area contributed by atoms with E-state index >= 15 is 0 Å². The second-order valence-electron chi connectivity index (χ2n) is 11.0. The van der Waals surface area contributed by atoms with Crippen LogP contribution in [0.5, 0.6) is 11.5 Å². The molecule has 6 aromatic rings. The molecule has 0 aromatic heterocycles. The SMILES string of the molecule is [Li+].[Li+].[O-]c1c(C2=NC(c3ccccc3)CO2)cc2ccccc2c1-c1c([O-])c(C2=N[C@H](c3ccccc3)CO2)cc2ccccc12. The van der Waals surface area contributed by atoms with E-state index in [0.717, 1.165) is 21.9 Å². The summed E-state index contributed by atoms with van der Waals surface area (Å²) in [6.07, 6.45) is 0. The molecule has 46 heavy (non-hydrogen) atoms. The number of nitrogens with zero attached hydrogens (tertiary/aromatic N) is 2. The minimum absolute atomic E-state index is 0. The monoisotopic (exact) mass is 588 g/mol. The van der Waals surface area contributed by atoms with Crippen molar-refractivity contribution in [1.29, 1.82) is 0 Å². The fourth-order valence-electron chi connectivity index (χ4n) is 6.21. The molecule has 0 N–H and O–H groups in total. The largest absolute Gasteiger partial charge is 1.00 e. The van der Waals surface area contributed by atoms with Gasteiger partial charge in [-0.25, -0.2) is 9.98 Å². The summed E-state index contributed by atoms with van der Waals surface area (Å²) in [5, 5.41) is 32.1. The number of ether oxygens (including phenoxy) is 2. The Kier molecular flexibility index (Phi) is 9.00. The second-order valence-corrected chi connectivity index (χ2v) is 11.0. The molecule has 2 aliphatic heterocycles. The van der Waals surface area contributed by atoms with Gasteiger partial charge in [0.1, 0.15) is 25.3 Å². The van der Waals surface area contributed by atoms with Crippen LogP contribution in [-0.4, -0.2) is 25.0 Å². The predicted octanol–water partition coefficient (Wildman–Crippen LogP) is 0.851. The predicted molar refractivity (Wildman–Crippen MR) is 169 cm³/mol. The van der Waals surface area contributed by atoms with Crippen molar-refractivity contribution in [3.8, 4) is 22.6 Å². The van der Waals surface area contributed by atoms with Gasteiger partial charge in [-0.2, -0.15) is 0 Å². The van der Waals surface area contributed by atoms with Crippen molar-refractivity contribution in [2.75, 3.05) is 13.2 Å². The molecule has 0 saturated carbocycles. The smallest absolute Gasteiger partial charge is 0.871 e. The van der Waals surface area contributed by atoms with Crippen LogP contribution >= 0.6 is 0 Å². The summed E-state index contributed by atoms with van der Waals surface area (Å²) in [6, 6.07) is 38.2. The van der Waals surface area contributed by atoms with E-state index in [1.54, 1.807) is 0 Å². The van der Waals surface area contributed by atoms with E-state index in [9.17, 15) is 10.2 Å². The van der Waals surface area contributed by atoms with Crippen LogP contribution in [-0.2, 0) is 9.47 Å². The maximum atomic E-state index is 14.5. The first-order chi connectivity index (χ1) is 21.7. The molecule has 2 aliphatic rings. The molecule has 2 heterocycles. The fourth-order valence-corrected chi connectivity index (χ4v) is 6.21. The normalized spacial score (nSPS) is 17.0. The molecular weight excluding hydrogens is 562 g/mol. The van der Waals surface area contributed by atoms with Crippen molar-refractivity contribution < 1.29 is 57.4 Å². The van der Waals surface area contributed by atoms with Crippen LogP contribution in [0.2, 0.25) is 0 Å². The number of benzene rings is 6. The van der Waals surface area contributed by atoms with Crippen molar-refractivity contribution in [2.24, 2.45) is 9.98 Å². The van der Waals surface area contributed by atoms with Gasteiger partial charge in [0.05, 0.1) is 0 Å². The van der Waals surface area contributed by atoms with Gasteiger partial charge in [-0.05, 0) is 55.9 Å². The quantitative estimate of drug-likeness (QED) is 0.280. The molecule has 6 aromatic carbocycles. The summed E-state index contributed by atoms with van der Waals surface area (Å²) in [5.41, 5.74) is 3.36. The van der Waals surface area contributed by atoms with Crippen LogP contribution in [0.4, 0.5) is 0 Å². The van der Waals surface area contributed by atoms with Gasteiger partial charge in [-0.15, -0.1) is 0 Å². The summed E-state index contributed by atoms with van der Waals surface area (Å²) in [6.45, 7) is 0.678. The third-order valence-electron chi connectivity index (χ3n) is 8.38. The standard InChI is InChI=1S/C38H28N2O4.2Li/c41-35-29(37-39-31(21-43-37)23-11-3-1-4-12-23)19-25-15-7-9-17-27(25)33(35)34-28-18-10-8-16-26(28)20-30(36(34)42)38-40-32(22-44-38)24-13-5-2-6-14-24;;/h1-20,31-32,41-42H,21-22H2;;/q;2*+1/p-2/t31-,32?;;/m0../s1. The maximum absolute atomic E-state index is 14.5. The molecule has 6 nitrogen and oxygen atoms in total. The number of aliphatic imine (C=N–C) groups is 2. The van der Waals surface area contributed by atoms with Crippen LogP contribution in [0.15, 0.2) is 131 Å². The van der Waals surface area contributed by atoms with E-state index in [2.05, 4.69) is 0 Å². The fraction of sp³-hybridized carbons (Fsp3) is 0.105.